The number of fused-ring (bicyclic) bond motifs is 1. The van der Waals surface area contributed by atoms with Crippen molar-refractivity contribution in [2.75, 3.05) is 18.7 Å². The Balaban J connectivity index is 2.26. The largest absolute Gasteiger partial charge is 0.497 e. The summed E-state index contributed by atoms with van der Waals surface area (Å²) in [6, 6.07) is 7.00. The predicted molar refractivity (Wildman–Crippen MR) is 95.6 cm³/mol. The van der Waals surface area contributed by atoms with E-state index in [0.717, 1.165) is 6.26 Å². The number of benzene rings is 1. The van der Waals surface area contributed by atoms with Crippen molar-refractivity contribution in [2.45, 2.75) is 11.9 Å². The highest BCUT2D eigenvalue weighted by Gasteiger charge is 2.23. The Labute approximate surface area is 149 Å². The van der Waals surface area contributed by atoms with E-state index in [2.05, 4.69) is 15.4 Å². The highest BCUT2D eigenvalue weighted by molar-refractivity contribution is 7.90. The summed E-state index contributed by atoms with van der Waals surface area (Å²) in [5, 5.41) is 7.07. The molecule has 1 amide bonds. The third-order valence-electron chi connectivity index (χ3n) is 3.78. The lowest BCUT2D eigenvalue weighted by molar-refractivity contribution is 0.100. The van der Waals surface area contributed by atoms with E-state index < -0.39 is 15.7 Å². The van der Waals surface area contributed by atoms with Gasteiger partial charge < -0.3 is 15.8 Å². The van der Waals surface area contributed by atoms with Gasteiger partial charge in [-0.3, -0.25) is 4.79 Å². The molecule has 10 heteroatoms. The first-order valence-electron chi connectivity index (χ1n) is 7.51. The Morgan fingerprint density at radius 2 is 2.08 bits per heavy atom. The van der Waals surface area contributed by atoms with E-state index >= 15 is 0 Å². The molecule has 2 aromatic heterocycles. The van der Waals surface area contributed by atoms with Crippen LogP contribution in [0.4, 0.5) is 11.5 Å². The van der Waals surface area contributed by atoms with Crippen molar-refractivity contribution in [2.24, 2.45) is 5.73 Å². The number of sulfone groups is 1. The summed E-state index contributed by atoms with van der Waals surface area (Å²) in [4.78, 5) is 16.0. The zero-order chi connectivity index (χ0) is 19.1. The van der Waals surface area contributed by atoms with E-state index in [1.807, 2.05) is 0 Å². The van der Waals surface area contributed by atoms with E-state index in [0.29, 0.717) is 22.6 Å². The maximum absolute atomic E-state index is 12.0. The molecule has 0 unspecified atom stereocenters. The molecule has 136 valence electrons. The monoisotopic (exact) mass is 375 g/mol. The van der Waals surface area contributed by atoms with Crippen LogP contribution in [0.15, 0.2) is 35.5 Å². The molecule has 3 aromatic rings. The highest BCUT2D eigenvalue weighted by Crippen LogP contribution is 2.27. The molecule has 0 radical (unpaired) electrons. The number of aryl methyl sites for hydroxylation is 1. The molecule has 0 saturated carbocycles. The third kappa shape index (κ3) is 3.06. The Hall–Kier alpha value is -3.14. The molecule has 3 rings (SSSR count). The topological polar surface area (TPSA) is 129 Å². The predicted octanol–water partition coefficient (Wildman–Crippen LogP) is 1.29. The lowest BCUT2D eigenvalue weighted by Crippen LogP contribution is -2.16. The van der Waals surface area contributed by atoms with Crippen LogP contribution in [0.5, 0.6) is 5.75 Å². The van der Waals surface area contributed by atoms with Gasteiger partial charge in [-0.05, 0) is 19.1 Å². The smallest absolute Gasteiger partial charge is 0.254 e. The number of nitrogens with two attached hydrogens (primary N) is 1. The summed E-state index contributed by atoms with van der Waals surface area (Å²) in [5.74, 6) is 0.0991. The number of nitrogens with one attached hydrogen (secondary N) is 1. The number of ether oxygens (including phenoxy) is 1. The van der Waals surface area contributed by atoms with Gasteiger partial charge in [-0.15, -0.1) is 0 Å². The first-order chi connectivity index (χ1) is 12.2. The van der Waals surface area contributed by atoms with Crippen molar-refractivity contribution in [3.8, 4) is 5.75 Å². The number of carbonyl (C=O) groups excluding carboxylic acids is 1. The standard InChI is InChI=1S/C16H17N5O4S/c1-9-14-18-8-12(13(17)22)15(21(14)20-16(9)26(3,23)24)19-10-5-4-6-11(7-10)25-2/h4-8,19H,1-3H3,(H2,17,22). The van der Waals surface area contributed by atoms with Crippen molar-refractivity contribution in [3.63, 3.8) is 0 Å². The summed E-state index contributed by atoms with van der Waals surface area (Å²) in [7, 11) is -2.03. The van der Waals surface area contributed by atoms with Crippen LogP contribution in [-0.4, -0.2) is 42.3 Å². The van der Waals surface area contributed by atoms with E-state index in [4.69, 9.17) is 10.5 Å². The summed E-state index contributed by atoms with van der Waals surface area (Å²) in [6.45, 7) is 1.60. The first-order valence-corrected chi connectivity index (χ1v) is 9.40. The zero-order valence-electron chi connectivity index (χ0n) is 14.3. The minimum absolute atomic E-state index is 0.0721. The maximum Gasteiger partial charge on any atom is 0.254 e. The number of anilines is 2. The van der Waals surface area contributed by atoms with Crippen LogP contribution in [0.3, 0.4) is 0 Å². The molecule has 0 aliphatic heterocycles. The SMILES string of the molecule is COc1cccc(Nc2c(C(N)=O)cnc3c(C)c(S(C)(=O)=O)nn23)c1. The van der Waals surface area contributed by atoms with Gasteiger partial charge in [0.1, 0.15) is 17.1 Å². The summed E-state index contributed by atoms with van der Waals surface area (Å²) >= 11 is 0. The van der Waals surface area contributed by atoms with Gasteiger partial charge in [0.15, 0.2) is 20.5 Å². The van der Waals surface area contributed by atoms with E-state index in [9.17, 15) is 13.2 Å². The quantitative estimate of drug-likeness (QED) is 0.687. The summed E-state index contributed by atoms with van der Waals surface area (Å²) in [6.07, 6.45) is 2.35. The average molecular weight is 375 g/mol. The molecular formula is C16H17N5O4S. The molecule has 0 aliphatic carbocycles. The van der Waals surface area contributed by atoms with Crippen molar-refractivity contribution in [1.82, 2.24) is 14.6 Å². The second-order valence-electron chi connectivity index (χ2n) is 5.68. The Kier molecular flexibility index (Phi) is 4.28. The second-order valence-corrected chi connectivity index (χ2v) is 7.61. The van der Waals surface area contributed by atoms with Gasteiger partial charge in [0.25, 0.3) is 5.91 Å². The fourth-order valence-electron chi connectivity index (χ4n) is 2.57. The number of nitrogens with zero attached hydrogens (tertiary/aromatic N) is 3. The average Bonchev–Trinajstić information content (AvgIpc) is 2.93. The third-order valence-corrected chi connectivity index (χ3v) is 4.87. The van der Waals surface area contributed by atoms with Crippen molar-refractivity contribution < 1.29 is 17.9 Å². The number of amides is 1. The van der Waals surface area contributed by atoms with E-state index in [1.165, 1.54) is 17.8 Å². The number of primary amides is 1. The first kappa shape index (κ1) is 17.7. The van der Waals surface area contributed by atoms with Gasteiger partial charge in [0, 0.05) is 29.8 Å². The van der Waals surface area contributed by atoms with Gasteiger partial charge in [0.05, 0.1) is 7.11 Å². The molecule has 3 N–H and O–H groups in total. The van der Waals surface area contributed by atoms with Gasteiger partial charge in [0.2, 0.25) is 0 Å². The van der Waals surface area contributed by atoms with Gasteiger partial charge in [-0.25, -0.2) is 13.4 Å². The number of rotatable bonds is 5. The molecule has 9 nitrogen and oxygen atoms in total. The van der Waals surface area contributed by atoms with Crippen molar-refractivity contribution >= 4 is 32.9 Å². The maximum atomic E-state index is 12.0. The molecule has 2 heterocycles. The fraction of sp³-hybridized carbons (Fsp3) is 0.188. The second kappa shape index (κ2) is 6.30. The molecule has 26 heavy (non-hydrogen) atoms. The fourth-order valence-corrected chi connectivity index (χ4v) is 3.44. The van der Waals surface area contributed by atoms with Gasteiger partial charge in [-0.1, -0.05) is 6.07 Å². The number of methoxy groups -OCH3 is 1. The molecule has 0 spiro atoms. The molecule has 0 atom stereocenters. The molecule has 1 aromatic carbocycles. The molecule has 0 fully saturated rings. The minimum Gasteiger partial charge on any atom is -0.497 e. The number of hydrogen-bond donors (Lipinski definition) is 2. The summed E-state index contributed by atoms with van der Waals surface area (Å²) in [5.41, 5.74) is 6.81. The lowest BCUT2D eigenvalue weighted by Gasteiger charge is -2.12. The lowest BCUT2D eigenvalue weighted by atomic mass is 10.2. The number of hydrogen-bond acceptors (Lipinski definition) is 7. The zero-order valence-corrected chi connectivity index (χ0v) is 15.2. The van der Waals surface area contributed by atoms with Crippen LogP contribution in [0, 0.1) is 6.92 Å². The van der Waals surface area contributed by atoms with Gasteiger partial charge >= 0.3 is 0 Å². The molecule has 0 bridgehead atoms. The Morgan fingerprint density at radius 1 is 1.35 bits per heavy atom. The Morgan fingerprint density at radius 3 is 2.69 bits per heavy atom. The van der Waals surface area contributed by atoms with Crippen LogP contribution in [0.2, 0.25) is 0 Å². The van der Waals surface area contributed by atoms with Crippen LogP contribution >= 0.6 is 0 Å². The normalized spacial score (nSPS) is 11.5. The number of carbonyl (C=O) groups is 1. The number of aromatic nitrogens is 3. The van der Waals surface area contributed by atoms with Crippen molar-refractivity contribution in [1.29, 1.82) is 0 Å². The van der Waals surface area contributed by atoms with Crippen LogP contribution in [0.25, 0.3) is 5.65 Å². The van der Waals surface area contributed by atoms with Crippen molar-refractivity contribution in [3.05, 3.63) is 41.6 Å². The molecule has 0 saturated heterocycles. The van der Waals surface area contributed by atoms with Crippen LogP contribution in [0.1, 0.15) is 15.9 Å². The van der Waals surface area contributed by atoms with Crippen LogP contribution < -0.4 is 15.8 Å². The van der Waals surface area contributed by atoms with Gasteiger partial charge in [-0.2, -0.15) is 9.61 Å². The summed E-state index contributed by atoms with van der Waals surface area (Å²) < 4.78 is 30.4. The van der Waals surface area contributed by atoms with E-state index in [-0.39, 0.29) is 16.4 Å². The molecular weight excluding hydrogens is 358 g/mol. The van der Waals surface area contributed by atoms with E-state index in [1.54, 1.807) is 31.2 Å². The minimum atomic E-state index is -3.56. The van der Waals surface area contributed by atoms with Crippen LogP contribution in [-0.2, 0) is 9.84 Å². The highest BCUT2D eigenvalue weighted by atomic mass is 32.2. The Bertz CT molecular complexity index is 1120. The molecule has 0 aliphatic rings.